The first-order chi connectivity index (χ1) is 25.6. The second-order valence-electron chi connectivity index (χ2n) is 11.8. The first-order valence-electron chi connectivity index (χ1n) is 17.1. The maximum atomic E-state index is 14.4. The minimum absolute atomic E-state index is 0.122. The minimum Gasteiger partial charge on any atom is -0.493 e. The van der Waals surface area contributed by atoms with Gasteiger partial charge in [-0.05, 0) is 85.0 Å². The Balaban J connectivity index is 0.000000197. The van der Waals surface area contributed by atoms with Crippen molar-refractivity contribution in [2.75, 3.05) is 25.3 Å². The Morgan fingerprint density at radius 3 is 1.87 bits per heavy atom. The molecule has 10 nitrogen and oxygen atoms in total. The molecular formula is C41H45F2N5O5. The number of nitrogens with one attached hydrogen (secondary N) is 2. The van der Waals surface area contributed by atoms with Crippen LogP contribution >= 0.6 is 0 Å². The van der Waals surface area contributed by atoms with Crippen molar-refractivity contribution < 1.29 is 32.5 Å². The lowest BCUT2D eigenvalue weighted by molar-refractivity contribution is -0.116. The van der Waals surface area contributed by atoms with Gasteiger partial charge in [-0.1, -0.05) is 26.0 Å². The maximum Gasteiger partial charge on any atom is 0.169 e. The molecule has 1 aromatic heterocycles. The second kappa shape index (κ2) is 20.0. The summed E-state index contributed by atoms with van der Waals surface area (Å²) in [6.07, 6.45) is 10.1. The number of benzene rings is 4. The van der Waals surface area contributed by atoms with Gasteiger partial charge in [0.2, 0.25) is 0 Å². The number of rotatable bonds is 13. The van der Waals surface area contributed by atoms with E-state index in [0.717, 1.165) is 41.7 Å². The Bertz CT molecular complexity index is 2010. The van der Waals surface area contributed by atoms with E-state index in [9.17, 15) is 13.6 Å². The smallest absolute Gasteiger partial charge is 0.169 e. The van der Waals surface area contributed by atoms with E-state index >= 15 is 0 Å². The molecule has 0 atom stereocenters. The first-order valence-corrected chi connectivity index (χ1v) is 17.1. The number of nitrogen functional groups attached to an aromatic ring is 1. The zero-order valence-corrected chi connectivity index (χ0v) is 30.5. The molecule has 1 aliphatic heterocycles. The number of nitrogens with two attached hydrogens (primary N) is 1. The predicted molar refractivity (Wildman–Crippen MR) is 205 cm³/mol. The normalized spacial score (nSPS) is 11.3. The zero-order valence-electron chi connectivity index (χ0n) is 30.5. The fourth-order valence-electron chi connectivity index (χ4n) is 4.96. The van der Waals surface area contributed by atoms with Gasteiger partial charge in [-0.25, -0.2) is 13.8 Å². The molecular weight excluding hydrogens is 680 g/mol. The van der Waals surface area contributed by atoms with E-state index < -0.39 is 11.6 Å². The number of Topliss-reactive ketones (excluding diaryl/α,β-unsaturated/α-hetero) is 1. The SMILES string of the molecule is CC(=O)CC1=CN=CC1.CCc1ccc(Oc2ccc(N)cc2F)c(OC)c1.CCc1ccc(Oc2ccc(NCc3cnc[nH]3)cc2F)c(OC)c1. The minimum atomic E-state index is -0.498. The average Bonchev–Trinajstić information content (AvgIpc) is 3.88. The lowest BCUT2D eigenvalue weighted by atomic mass is 10.1. The highest BCUT2D eigenvalue weighted by molar-refractivity contribution is 5.80. The summed E-state index contributed by atoms with van der Waals surface area (Å²) < 4.78 is 49.8. The second-order valence-corrected chi connectivity index (χ2v) is 11.8. The molecule has 0 radical (unpaired) electrons. The topological polar surface area (TPSA) is 133 Å². The van der Waals surface area contributed by atoms with Crippen LogP contribution in [0.1, 0.15) is 50.4 Å². The number of carbonyl (C=O) groups excluding carboxylic acids is 1. The van der Waals surface area contributed by atoms with E-state index in [4.69, 9.17) is 24.7 Å². The van der Waals surface area contributed by atoms with Crippen molar-refractivity contribution in [3.05, 3.63) is 126 Å². The van der Waals surface area contributed by atoms with Crippen LogP contribution in [0, 0.1) is 11.6 Å². The molecule has 12 heteroatoms. The van der Waals surface area contributed by atoms with Gasteiger partial charge in [-0.15, -0.1) is 0 Å². The third-order valence-corrected chi connectivity index (χ3v) is 7.83. The summed E-state index contributed by atoms with van der Waals surface area (Å²) >= 11 is 0. The molecule has 0 bridgehead atoms. The highest BCUT2D eigenvalue weighted by atomic mass is 19.1. The average molecular weight is 726 g/mol. The van der Waals surface area contributed by atoms with E-state index in [1.807, 2.05) is 30.5 Å². The largest absolute Gasteiger partial charge is 0.493 e. The molecule has 278 valence electrons. The predicted octanol–water partition coefficient (Wildman–Crippen LogP) is 9.62. The van der Waals surface area contributed by atoms with Crippen molar-refractivity contribution in [1.29, 1.82) is 0 Å². The number of hydrogen-bond donors (Lipinski definition) is 3. The number of ether oxygens (including phenoxy) is 4. The third-order valence-electron chi connectivity index (χ3n) is 7.83. The van der Waals surface area contributed by atoms with Gasteiger partial charge >= 0.3 is 0 Å². The molecule has 1 aliphatic rings. The Labute approximate surface area is 308 Å². The summed E-state index contributed by atoms with van der Waals surface area (Å²) in [7, 11) is 3.13. The Morgan fingerprint density at radius 1 is 0.811 bits per heavy atom. The van der Waals surface area contributed by atoms with Crippen molar-refractivity contribution in [3.63, 3.8) is 0 Å². The highest BCUT2D eigenvalue weighted by Crippen LogP contribution is 2.35. The van der Waals surface area contributed by atoms with E-state index in [0.29, 0.717) is 47.3 Å². The van der Waals surface area contributed by atoms with Gasteiger partial charge in [-0.3, -0.25) is 9.79 Å². The number of anilines is 2. The molecule has 0 saturated carbocycles. The number of allylic oxidation sites excluding steroid dienone is 1. The standard InChI is InChI=1S/C19H20FN3O2.C15H16FNO2.C7H9NO/c1-3-13-4-6-18(19(8-13)24-2)25-17-7-5-14(9-16(17)20)22-11-15-10-21-12-23-15;1-3-10-4-6-14(15(8-10)18-2)19-13-7-5-11(17)9-12(13)16;1-6(9)4-7-2-3-8-5-7/h4-10,12,22H,3,11H2,1-2H3,(H,21,23);4-9H,3,17H2,1-2H3;3,5H,2,4H2,1H3. The molecule has 2 heterocycles. The summed E-state index contributed by atoms with van der Waals surface area (Å²) in [6.45, 7) is 6.24. The number of carbonyl (C=O) groups is 1. The fourth-order valence-corrected chi connectivity index (χ4v) is 4.96. The lowest BCUT2D eigenvalue weighted by Gasteiger charge is -2.13. The number of aliphatic imine (C=N–C) groups is 1. The Kier molecular flexibility index (Phi) is 15.0. The van der Waals surface area contributed by atoms with Crippen molar-refractivity contribution in [2.24, 2.45) is 4.99 Å². The fraction of sp³-hybridized carbons (Fsp3) is 0.244. The van der Waals surface area contributed by atoms with Crippen LogP contribution in [0.2, 0.25) is 0 Å². The molecule has 0 spiro atoms. The number of aromatic nitrogens is 2. The summed E-state index contributed by atoms with van der Waals surface area (Å²) in [5.41, 5.74) is 10.8. The number of nitrogens with zero attached hydrogens (tertiary/aromatic N) is 2. The number of H-pyrrole nitrogens is 1. The zero-order chi connectivity index (χ0) is 38.2. The molecule has 5 aromatic rings. The van der Waals surface area contributed by atoms with Gasteiger partial charge in [0.05, 0.1) is 32.8 Å². The van der Waals surface area contributed by atoms with Crippen LogP contribution in [0.5, 0.6) is 34.5 Å². The molecule has 0 amide bonds. The molecule has 0 aliphatic carbocycles. The molecule has 53 heavy (non-hydrogen) atoms. The lowest BCUT2D eigenvalue weighted by Crippen LogP contribution is -2.00. The van der Waals surface area contributed by atoms with Gasteiger partial charge in [0, 0.05) is 55.0 Å². The molecule has 0 unspecified atom stereocenters. The third kappa shape index (κ3) is 12.2. The number of aromatic amines is 1. The van der Waals surface area contributed by atoms with Crippen molar-refractivity contribution in [3.8, 4) is 34.5 Å². The van der Waals surface area contributed by atoms with Gasteiger partial charge in [0.15, 0.2) is 46.1 Å². The quantitative estimate of drug-likeness (QED) is 0.102. The Hall–Kier alpha value is -6.17. The summed E-state index contributed by atoms with van der Waals surface area (Å²) in [5, 5.41) is 3.13. The van der Waals surface area contributed by atoms with Crippen LogP contribution in [-0.2, 0) is 24.2 Å². The maximum absolute atomic E-state index is 14.4. The molecule has 6 rings (SSSR count). The number of aryl methyl sites for hydroxylation is 2. The van der Waals surface area contributed by atoms with E-state index in [2.05, 4.69) is 34.1 Å². The molecule has 0 saturated heterocycles. The number of methoxy groups -OCH3 is 2. The summed E-state index contributed by atoms with van der Waals surface area (Å²) in [5.74, 6) is 1.66. The van der Waals surface area contributed by atoms with Crippen LogP contribution < -0.4 is 30.0 Å². The van der Waals surface area contributed by atoms with E-state index in [1.165, 1.54) is 18.2 Å². The Morgan fingerprint density at radius 2 is 1.40 bits per heavy atom. The number of imidazole rings is 1. The van der Waals surface area contributed by atoms with Gasteiger partial charge < -0.3 is 35.0 Å². The van der Waals surface area contributed by atoms with Crippen LogP contribution in [0.3, 0.4) is 0 Å². The van der Waals surface area contributed by atoms with Crippen LogP contribution in [0.4, 0.5) is 20.2 Å². The molecule has 4 aromatic carbocycles. The highest BCUT2D eigenvalue weighted by Gasteiger charge is 2.12. The number of halogens is 2. The van der Waals surface area contributed by atoms with Crippen LogP contribution in [-0.4, -0.2) is 36.2 Å². The number of hydrogen-bond acceptors (Lipinski definition) is 9. The first kappa shape index (κ1) is 39.6. The molecule has 0 fully saturated rings. The van der Waals surface area contributed by atoms with Gasteiger partial charge in [-0.2, -0.15) is 0 Å². The van der Waals surface area contributed by atoms with Crippen LogP contribution in [0.15, 0.2) is 102 Å². The monoisotopic (exact) mass is 725 g/mol. The van der Waals surface area contributed by atoms with Gasteiger partial charge in [0.1, 0.15) is 5.78 Å². The number of ketones is 1. The molecule has 4 N–H and O–H groups in total. The summed E-state index contributed by atoms with van der Waals surface area (Å²) in [6, 6.07) is 20.3. The van der Waals surface area contributed by atoms with Crippen LogP contribution in [0.25, 0.3) is 0 Å². The van der Waals surface area contributed by atoms with Gasteiger partial charge in [0.25, 0.3) is 0 Å². The van der Waals surface area contributed by atoms with E-state index in [1.54, 1.807) is 70.2 Å². The van der Waals surface area contributed by atoms with E-state index in [-0.39, 0.29) is 17.3 Å². The van der Waals surface area contributed by atoms with Crippen molar-refractivity contribution >= 4 is 23.4 Å². The van der Waals surface area contributed by atoms with Crippen molar-refractivity contribution in [1.82, 2.24) is 9.97 Å². The summed E-state index contributed by atoms with van der Waals surface area (Å²) in [4.78, 5) is 21.3. The van der Waals surface area contributed by atoms with Crippen molar-refractivity contribution in [2.45, 2.75) is 53.0 Å².